The van der Waals surface area contributed by atoms with E-state index in [9.17, 15) is 0 Å². The first kappa shape index (κ1) is 8.73. The van der Waals surface area contributed by atoms with Crippen molar-refractivity contribution in [2.45, 2.75) is 26.2 Å². The van der Waals surface area contributed by atoms with Crippen molar-refractivity contribution in [1.29, 1.82) is 0 Å². The first-order valence-corrected chi connectivity index (χ1v) is 4.72. The Morgan fingerprint density at radius 3 is 2.50 bits per heavy atom. The fourth-order valence-electron chi connectivity index (χ4n) is 0.707. The van der Waals surface area contributed by atoms with Crippen LogP contribution in [0.5, 0.6) is 0 Å². The molecular weight excluding hydrogens is 211 g/mol. The minimum absolute atomic E-state index is 0.705. The van der Waals surface area contributed by atoms with Gasteiger partial charge in [0.2, 0.25) is 0 Å². The molecule has 0 aliphatic heterocycles. The largest absolute Gasteiger partial charge is 0.0864 e. The highest BCUT2D eigenvalue weighted by Crippen LogP contribution is 2.09. The van der Waals surface area contributed by atoms with E-state index in [0.717, 1.165) is 0 Å². The van der Waals surface area contributed by atoms with Crippen molar-refractivity contribution in [2.75, 3.05) is 4.43 Å². The molecule has 1 atom stereocenters. The smallest absolute Gasteiger partial charge is 0.000209 e. The molecule has 0 aromatic heterocycles. The standard InChI is InChI=1S/C7H14I/c1-3-4-7(2)5-6-8/h7H,2-6H2,1H3. The number of hydrogen-bond donors (Lipinski definition) is 0. The van der Waals surface area contributed by atoms with Crippen LogP contribution >= 0.6 is 22.6 Å². The second-order valence-corrected chi connectivity index (χ2v) is 3.21. The fraction of sp³-hybridized carbons (Fsp3) is 0.857. The Morgan fingerprint density at radius 2 is 2.12 bits per heavy atom. The van der Waals surface area contributed by atoms with Crippen LogP contribution in [0.25, 0.3) is 0 Å². The lowest BCUT2D eigenvalue weighted by Crippen LogP contribution is -1.93. The summed E-state index contributed by atoms with van der Waals surface area (Å²) in [6.07, 6.45) is 3.86. The summed E-state index contributed by atoms with van der Waals surface area (Å²) in [5.41, 5.74) is 0. The van der Waals surface area contributed by atoms with E-state index in [1.807, 2.05) is 0 Å². The zero-order valence-corrected chi connectivity index (χ0v) is 7.65. The van der Waals surface area contributed by atoms with Gasteiger partial charge in [-0.25, -0.2) is 0 Å². The summed E-state index contributed by atoms with van der Waals surface area (Å²) in [7, 11) is 0. The summed E-state index contributed by atoms with van der Waals surface area (Å²) >= 11 is 2.40. The van der Waals surface area contributed by atoms with E-state index in [4.69, 9.17) is 0 Å². The van der Waals surface area contributed by atoms with Crippen LogP contribution in [0, 0.1) is 12.8 Å². The van der Waals surface area contributed by atoms with E-state index in [1.165, 1.54) is 23.7 Å². The molecule has 0 aliphatic carbocycles. The second kappa shape index (κ2) is 5.86. The lowest BCUT2D eigenvalue weighted by atomic mass is 10.0. The van der Waals surface area contributed by atoms with Gasteiger partial charge in [0.05, 0.1) is 0 Å². The molecule has 1 unspecified atom stereocenters. The molecule has 0 rings (SSSR count). The van der Waals surface area contributed by atoms with E-state index in [-0.39, 0.29) is 0 Å². The van der Waals surface area contributed by atoms with Crippen molar-refractivity contribution in [3.8, 4) is 0 Å². The predicted molar refractivity (Wildman–Crippen MR) is 47.3 cm³/mol. The lowest BCUT2D eigenvalue weighted by molar-refractivity contribution is 0.567. The zero-order chi connectivity index (χ0) is 6.41. The average molecular weight is 225 g/mol. The summed E-state index contributed by atoms with van der Waals surface area (Å²) in [6, 6.07) is 0. The quantitative estimate of drug-likeness (QED) is 0.509. The Labute approximate surface area is 66.2 Å². The summed E-state index contributed by atoms with van der Waals surface area (Å²) in [4.78, 5) is 0. The van der Waals surface area contributed by atoms with Gasteiger partial charge in [-0.15, -0.1) is 0 Å². The van der Waals surface area contributed by atoms with Gasteiger partial charge in [-0.2, -0.15) is 0 Å². The number of alkyl halides is 1. The normalized spacial score (nSPS) is 13.9. The van der Waals surface area contributed by atoms with Gasteiger partial charge in [0.15, 0.2) is 0 Å². The molecule has 0 N–H and O–H groups in total. The number of rotatable bonds is 4. The minimum Gasteiger partial charge on any atom is -0.0864 e. The van der Waals surface area contributed by atoms with Crippen LogP contribution in [0.3, 0.4) is 0 Å². The molecule has 0 aliphatic rings. The van der Waals surface area contributed by atoms with Crippen LogP contribution in [0.4, 0.5) is 0 Å². The van der Waals surface area contributed by atoms with E-state index in [1.54, 1.807) is 0 Å². The molecule has 1 heteroatoms. The molecule has 0 amide bonds. The Kier molecular flexibility index (Phi) is 6.39. The molecule has 0 spiro atoms. The Balaban J connectivity index is 2.92. The topological polar surface area (TPSA) is 0 Å². The first-order valence-electron chi connectivity index (χ1n) is 3.20. The van der Waals surface area contributed by atoms with Crippen molar-refractivity contribution >= 4 is 22.6 Å². The van der Waals surface area contributed by atoms with Crippen molar-refractivity contribution in [2.24, 2.45) is 5.92 Å². The van der Waals surface area contributed by atoms with Crippen LogP contribution in [0.15, 0.2) is 0 Å². The Bertz CT molecular complexity index is 37.7. The summed E-state index contributed by atoms with van der Waals surface area (Å²) in [5, 5.41) is 0. The number of hydrogen-bond acceptors (Lipinski definition) is 0. The van der Waals surface area contributed by atoms with Crippen molar-refractivity contribution in [1.82, 2.24) is 0 Å². The van der Waals surface area contributed by atoms with Gasteiger partial charge in [0, 0.05) is 0 Å². The molecule has 49 valence electrons. The molecular formula is C7H14I. The maximum atomic E-state index is 4.01. The van der Waals surface area contributed by atoms with E-state index in [2.05, 4.69) is 36.4 Å². The maximum Gasteiger partial charge on any atom is -0.000209 e. The highest BCUT2D eigenvalue weighted by atomic mass is 127. The molecule has 0 fully saturated rings. The second-order valence-electron chi connectivity index (χ2n) is 2.13. The lowest BCUT2D eigenvalue weighted by Gasteiger charge is -2.04. The summed E-state index contributed by atoms with van der Waals surface area (Å²) < 4.78 is 1.26. The third kappa shape index (κ3) is 4.88. The van der Waals surface area contributed by atoms with Crippen LogP contribution in [-0.4, -0.2) is 4.43 Å². The maximum absolute atomic E-state index is 4.01. The zero-order valence-electron chi connectivity index (χ0n) is 5.49. The van der Waals surface area contributed by atoms with Gasteiger partial charge in [-0.05, 0) is 16.8 Å². The molecule has 0 heterocycles. The van der Waals surface area contributed by atoms with Crippen LogP contribution in [0.2, 0.25) is 0 Å². The SMILES string of the molecule is [CH2]C(CCC)CCI. The molecule has 0 aromatic carbocycles. The molecule has 0 saturated heterocycles. The van der Waals surface area contributed by atoms with Gasteiger partial charge in [0.1, 0.15) is 0 Å². The van der Waals surface area contributed by atoms with Crippen molar-refractivity contribution < 1.29 is 0 Å². The molecule has 8 heavy (non-hydrogen) atoms. The highest BCUT2D eigenvalue weighted by Gasteiger charge is 1.96. The fourth-order valence-corrected chi connectivity index (χ4v) is 1.59. The van der Waals surface area contributed by atoms with E-state index >= 15 is 0 Å². The van der Waals surface area contributed by atoms with Gasteiger partial charge >= 0.3 is 0 Å². The van der Waals surface area contributed by atoms with Gasteiger partial charge in [0.25, 0.3) is 0 Å². The third-order valence-electron chi connectivity index (χ3n) is 1.21. The van der Waals surface area contributed by atoms with Crippen molar-refractivity contribution in [3.63, 3.8) is 0 Å². The molecule has 0 bridgehead atoms. The molecule has 1 radical (unpaired) electrons. The highest BCUT2D eigenvalue weighted by molar-refractivity contribution is 14.1. The summed E-state index contributed by atoms with van der Waals surface area (Å²) in [6.45, 7) is 6.23. The first-order chi connectivity index (χ1) is 3.81. The van der Waals surface area contributed by atoms with Gasteiger partial charge in [-0.3, -0.25) is 0 Å². The molecule has 0 nitrogen and oxygen atoms in total. The van der Waals surface area contributed by atoms with Crippen LogP contribution in [0.1, 0.15) is 26.2 Å². The van der Waals surface area contributed by atoms with Crippen LogP contribution < -0.4 is 0 Å². The Morgan fingerprint density at radius 1 is 1.50 bits per heavy atom. The van der Waals surface area contributed by atoms with Crippen molar-refractivity contribution in [3.05, 3.63) is 6.92 Å². The molecule has 0 saturated carbocycles. The monoisotopic (exact) mass is 225 g/mol. The van der Waals surface area contributed by atoms with Gasteiger partial charge < -0.3 is 0 Å². The van der Waals surface area contributed by atoms with E-state index < -0.39 is 0 Å². The minimum atomic E-state index is 0.705. The molecule has 0 aromatic rings. The predicted octanol–water partition coefficient (Wildman–Crippen LogP) is 3.06. The van der Waals surface area contributed by atoms with Gasteiger partial charge in [-0.1, -0.05) is 49.3 Å². The summed E-state index contributed by atoms with van der Waals surface area (Å²) in [5.74, 6) is 0.705. The third-order valence-corrected chi connectivity index (χ3v) is 1.84. The Hall–Kier alpha value is 0.730. The average Bonchev–Trinajstić information content (AvgIpc) is 1.68. The number of halogens is 1. The van der Waals surface area contributed by atoms with E-state index in [0.29, 0.717) is 5.92 Å². The van der Waals surface area contributed by atoms with Crippen LogP contribution in [-0.2, 0) is 0 Å².